The fourth-order valence-corrected chi connectivity index (χ4v) is 7.95. The van der Waals surface area contributed by atoms with Crippen molar-refractivity contribution in [2.24, 2.45) is 17.8 Å². The molecule has 4 aromatic heterocycles. The number of rotatable bonds is 11. The van der Waals surface area contributed by atoms with Crippen LogP contribution in [0, 0.1) is 17.8 Å². The molecule has 0 radical (unpaired) electrons. The normalized spacial score (nSPS) is 24.2. The molecule has 4 bridgehead atoms. The third kappa shape index (κ3) is 6.56. The van der Waals surface area contributed by atoms with E-state index in [0.717, 1.165) is 59.6 Å². The van der Waals surface area contributed by atoms with Crippen molar-refractivity contribution in [3.63, 3.8) is 0 Å². The Kier molecular flexibility index (Phi) is 8.55. The van der Waals surface area contributed by atoms with Crippen molar-refractivity contribution < 1.29 is 24.5 Å². The lowest BCUT2D eigenvalue weighted by Crippen LogP contribution is -2.58. The quantitative estimate of drug-likeness (QED) is 0.156. The molecule has 44 heavy (non-hydrogen) atoms. The van der Waals surface area contributed by atoms with Gasteiger partial charge in [0.2, 0.25) is 0 Å². The lowest BCUT2D eigenvalue weighted by atomic mass is 9.53. The Morgan fingerprint density at radius 1 is 0.886 bits per heavy atom. The van der Waals surface area contributed by atoms with Crippen LogP contribution in [0.25, 0.3) is 11.0 Å². The van der Waals surface area contributed by atoms with Gasteiger partial charge in [0, 0.05) is 36.7 Å². The average molecular weight is 600 g/mol. The number of nitrogens with zero attached hydrogens (tertiary/aromatic N) is 4. The predicted octanol–water partition coefficient (Wildman–Crippen LogP) is 5.31. The molecule has 4 saturated carbocycles. The Morgan fingerprint density at radius 3 is 1.84 bits per heavy atom. The van der Waals surface area contributed by atoms with Gasteiger partial charge in [-0.2, -0.15) is 10.2 Å². The first-order chi connectivity index (χ1) is 21.2. The molecule has 10 nitrogen and oxygen atoms in total. The van der Waals surface area contributed by atoms with Crippen LogP contribution < -0.4 is 5.32 Å². The number of unbranched alkanes of at least 4 members (excludes halogenated alkanes) is 1. The first kappa shape index (κ1) is 30.0. The summed E-state index contributed by atoms with van der Waals surface area (Å²) in [6.45, 7) is 3.89. The number of aliphatic carboxylic acids is 2. The number of hydrogen-bond donors (Lipinski definition) is 3. The van der Waals surface area contributed by atoms with Crippen LogP contribution in [-0.4, -0.2) is 60.1 Å². The van der Waals surface area contributed by atoms with Gasteiger partial charge in [-0.15, -0.1) is 0 Å². The fourth-order valence-electron chi connectivity index (χ4n) is 7.95. The van der Waals surface area contributed by atoms with Crippen LogP contribution in [0.15, 0.2) is 73.1 Å². The Morgan fingerprint density at radius 2 is 1.39 bits per heavy atom. The van der Waals surface area contributed by atoms with Crippen molar-refractivity contribution in [3.05, 3.63) is 84.5 Å². The molecule has 232 valence electrons. The molecule has 10 heteroatoms. The highest BCUT2D eigenvalue weighted by atomic mass is 16.5. The van der Waals surface area contributed by atoms with Crippen molar-refractivity contribution in [2.75, 3.05) is 13.2 Å². The molecule has 4 aromatic rings. The molecule has 4 fully saturated rings. The molecular formula is C34H41N5O5. The minimum absolute atomic E-state index is 0.442. The van der Waals surface area contributed by atoms with E-state index in [2.05, 4.69) is 36.5 Å². The number of carboxylic acid groups (broad SMARTS) is 2. The highest BCUT2D eigenvalue weighted by molar-refractivity contribution is 5.89. The van der Waals surface area contributed by atoms with Gasteiger partial charge >= 0.3 is 11.9 Å². The molecule has 0 atom stereocenters. The van der Waals surface area contributed by atoms with Crippen LogP contribution >= 0.6 is 0 Å². The van der Waals surface area contributed by atoms with Crippen molar-refractivity contribution >= 4 is 23.0 Å². The lowest BCUT2D eigenvalue weighted by Gasteiger charge is -2.57. The van der Waals surface area contributed by atoms with Gasteiger partial charge in [-0.25, -0.2) is 18.6 Å². The standard InChI is InChI=1S/C30H37N5O.C4H4O4/c1-29(27-17-25-8-2-5-11-34(25)32-27,28-18-26-9-3-6-12-35(26)33-28)36-13-7-4-10-31-30-19-22-14-23(20-30)16-24(15-22)21-30;5-3(6)1-2-4(7)8/h2-3,5-6,8-9,11-12,17-18,22-24,31H,4,7,10,13-16,19-21H2,1H3;1-2H,(H,5,6)(H,7,8)/b;2-1-. The van der Waals surface area contributed by atoms with Gasteiger partial charge in [0.1, 0.15) is 11.4 Å². The summed E-state index contributed by atoms with van der Waals surface area (Å²) in [7, 11) is 0. The van der Waals surface area contributed by atoms with E-state index < -0.39 is 17.5 Å². The Balaban J connectivity index is 0.000000381. The maximum Gasteiger partial charge on any atom is 0.328 e. The first-order valence-corrected chi connectivity index (χ1v) is 15.6. The van der Waals surface area contributed by atoms with E-state index in [9.17, 15) is 9.59 Å². The van der Waals surface area contributed by atoms with Gasteiger partial charge in [0.25, 0.3) is 0 Å². The summed E-state index contributed by atoms with van der Waals surface area (Å²) in [5.74, 6) is 0.454. The zero-order chi connectivity index (χ0) is 30.7. The topological polar surface area (TPSA) is 130 Å². The molecule has 0 spiro atoms. The molecule has 8 rings (SSSR count). The molecular weight excluding hydrogens is 558 g/mol. The highest BCUT2D eigenvalue weighted by Gasteiger charge is 2.50. The summed E-state index contributed by atoms with van der Waals surface area (Å²) in [4.78, 5) is 19.1. The second kappa shape index (κ2) is 12.5. The Labute approximate surface area is 256 Å². The largest absolute Gasteiger partial charge is 0.478 e. The molecule has 0 saturated heterocycles. The smallest absolute Gasteiger partial charge is 0.328 e. The van der Waals surface area contributed by atoms with E-state index in [1.54, 1.807) is 0 Å². The summed E-state index contributed by atoms with van der Waals surface area (Å²) >= 11 is 0. The summed E-state index contributed by atoms with van der Waals surface area (Å²) < 4.78 is 10.5. The number of hydrogen-bond acceptors (Lipinski definition) is 6. The van der Waals surface area contributed by atoms with E-state index in [0.29, 0.717) is 24.3 Å². The number of fused-ring (bicyclic) bond motifs is 2. The number of ether oxygens (including phenoxy) is 1. The predicted molar refractivity (Wildman–Crippen MR) is 165 cm³/mol. The van der Waals surface area contributed by atoms with Crippen LogP contribution in [0.5, 0.6) is 0 Å². The van der Waals surface area contributed by atoms with Crippen LogP contribution in [0.2, 0.25) is 0 Å². The maximum absolute atomic E-state index is 9.55. The third-order valence-electron chi connectivity index (χ3n) is 9.59. The van der Waals surface area contributed by atoms with E-state index in [1.165, 1.54) is 38.5 Å². The van der Waals surface area contributed by atoms with Gasteiger partial charge in [-0.1, -0.05) is 12.1 Å². The number of carboxylic acids is 2. The van der Waals surface area contributed by atoms with Crippen LogP contribution in [-0.2, 0) is 19.9 Å². The van der Waals surface area contributed by atoms with E-state index in [1.807, 2.05) is 45.7 Å². The zero-order valence-electron chi connectivity index (χ0n) is 25.1. The van der Waals surface area contributed by atoms with E-state index >= 15 is 0 Å². The zero-order valence-corrected chi connectivity index (χ0v) is 25.1. The van der Waals surface area contributed by atoms with Gasteiger partial charge in [-0.3, -0.25) is 0 Å². The summed E-state index contributed by atoms with van der Waals surface area (Å²) in [5.41, 5.74) is 3.63. The number of carbonyl (C=O) groups is 2. The van der Waals surface area contributed by atoms with E-state index in [4.69, 9.17) is 25.1 Å². The number of pyridine rings is 2. The van der Waals surface area contributed by atoms with Crippen LogP contribution in [0.1, 0.15) is 69.7 Å². The Hall–Kier alpha value is -4.02. The third-order valence-corrected chi connectivity index (χ3v) is 9.59. The summed E-state index contributed by atoms with van der Waals surface area (Å²) in [5, 5.41) is 29.4. The maximum atomic E-state index is 9.55. The van der Waals surface area contributed by atoms with Crippen molar-refractivity contribution in [3.8, 4) is 0 Å². The summed E-state index contributed by atoms with van der Waals surface area (Å²) in [6, 6.07) is 16.5. The molecule has 3 N–H and O–H groups in total. The molecule has 0 aromatic carbocycles. The highest BCUT2D eigenvalue weighted by Crippen LogP contribution is 2.55. The molecule has 4 aliphatic carbocycles. The SMILES string of the molecule is CC(OCCCCNC12CC3CC(CC(C3)C1)C2)(c1cc2ccccn2n1)c1cc2ccccn2n1.O=C(O)/C=C\C(=O)O. The molecule has 4 heterocycles. The van der Waals surface area contributed by atoms with Gasteiger partial charge in [0.05, 0.1) is 11.0 Å². The number of aromatic nitrogens is 4. The molecule has 0 aliphatic heterocycles. The summed E-state index contributed by atoms with van der Waals surface area (Å²) in [6.07, 6.45) is 16.0. The molecule has 0 unspecified atom stereocenters. The minimum Gasteiger partial charge on any atom is -0.478 e. The van der Waals surface area contributed by atoms with E-state index in [-0.39, 0.29) is 0 Å². The lowest BCUT2D eigenvalue weighted by molar-refractivity contribution is -0.134. The second-order valence-corrected chi connectivity index (χ2v) is 12.9. The van der Waals surface area contributed by atoms with Crippen molar-refractivity contribution in [1.82, 2.24) is 24.5 Å². The van der Waals surface area contributed by atoms with Gasteiger partial charge < -0.3 is 20.3 Å². The van der Waals surface area contributed by atoms with Crippen LogP contribution in [0.4, 0.5) is 0 Å². The van der Waals surface area contributed by atoms with Gasteiger partial charge in [-0.05, 0) is 119 Å². The molecule has 0 amide bonds. The first-order valence-electron chi connectivity index (χ1n) is 15.6. The van der Waals surface area contributed by atoms with Crippen LogP contribution in [0.3, 0.4) is 0 Å². The number of nitrogens with one attached hydrogen (secondary N) is 1. The fraction of sp³-hybridized carbons (Fsp3) is 0.471. The minimum atomic E-state index is -1.26. The Bertz CT molecular complexity index is 1460. The van der Waals surface area contributed by atoms with Crippen molar-refractivity contribution in [1.29, 1.82) is 0 Å². The average Bonchev–Trinajstić information content (AvgIpc) is 3.63. The monoisotopic (exact) mass is 599 g/mol. The van der Waals surface area contributed by atoms with Gasteiger partial charge in [0.15, 0.2) is 5.60 Å². The van der Waals surface area contributed by atoms with Crippen molar-refractivity contribution in [2.45, 2.75) is 69.4 Å². The second-order valence-electron chi connectivity index (χ2n) is 12.9. The molecule has 4 aliphatic rings.